The highest BCUT2D eigenvalue weighted by Crippen LogP contribution is 2.22. The second-order valence-corrected chi connectivity index (χ2v) is 6.44. The monoisotopic (exact) mass is 354 g/mol. The number of amides is 1. The minimum Gasteiger partial charge on any atom is -0.540 e. The molecule has 2 aromatic rings. The Morgan fingerprint density at radius 1 is 1.00 bits per heavy atom. The van der Waals surface area contributed by atoms with E-state index in [4.69, 9.17) is 4.74 Å². The third-order valence-electron chi connectivity index (χ3n) is 4.84. The zero-order valence-electron chi connectivity index (χ0n) is 14.7. The molecule has 0 aliphatic carbocycles. The molecule has 0 radical (unpaired) electrons. The smallest absolute Gasteiger partial charge is 0.269 e. The van der Waals surface area contributed by atoms with Crippen molar-refractivity contribution in [1.29, 1.82) is 0 Å². The molecule has 1 saturated heterocycles. The first kappa shape index (κ1) is 17.9. The number of ether oxygens (including phenoxy) is 1. The second kappa shape index (κ2) is 8.01. The number of benzene rings is 2. The summed E-state index contributed by atoms with van der Waals surface area (Å²) < 4.78 is 5.81. The van der Waals surface area contributed by atoms with Gasteiger partial charge in [-0.2, -0.15) is 0 Å². The quantitative estimate of drug-likeness (QED) is 0.786. The molecule has 1 amide bonds. The van der Waals surface area contributed by atoms with Crippen molar-refractivity contribution in [3.8, 4) is 11.5 Å². The summed E-state index contributed by atoms with van der Waals surface area (Å²) in [5.74, 6) is -0.964. The number of nitrogens with one attached hydrogen (secondary N) is 1. The topological polar surface area (TPSA) is 74.1 Å². The van der Waals surface area contributed by atoms with Crippen molar-refractivity contribution >= 4 is 11.9 Å². The number of carboxylic acids is 1. The summed E-state index contributed by atoms with van der Waals surface area (Å²) in [4.78, 5) is 24.8. The number of hydrogen-bond acceptors (Lipinski definition) is 4. The van der Waals surface area contributed by atoms with Crippen LogP contribution in [0, 0.1) is 0 Å². The third kappa shape index (κ3) is 4.21. The molecular weight excluding hydrogens is 332 g/mol. The minimum atomic E-state index is -1.63. The maximum atomic E-state index is 11.5. The normalized spacial score (nSPS) is 16.1. The predicted octanol–water partition coefficient (Wildman–Crippen LogP) is 0.0169. The minimum absolute atomic E-state index is 0.251. The van der Waals surface area contributed by atoms with Gasteiger partial charge in [-0.3, -0.25) is 4.79 Å². The fourth-order valence-corrected chi connectivity index (χ4v) is 3.24. The van der Waals surface area contributed by atoms with Crippen LogP contribution in [0.1, 0.15) is 18.5 Å². The Morgan fingerprint density at radius 3 is 2.15 bits per heavy atom. The number of quaternary nitrogens is 1. The first-order valence-electron chi connectivity index (χ1n) is 8.72. The summed E-state index contributed by atoms with van der Waals surface area (Å²) in [6, 6.07) is 17.9. The number of para-hydroxylation sites is 1. The van der Waals surface area contributed by atoms with Crippen molar-refractivity contribution in [3.63, 3.8) is 0 Å². The standard InChI is InChI=1S/C20H22N2O4/c1-15(21-11-13-22(14-12-21)19(23)20(24)25)16-7-9-18(10-8-16)26-17-5-3-2-4-6-17/h2-10,15H,11-14H2,1H3,(H,24,25)/t15-/m1/s1. The number of carbonyl (C=O) groups excluding carboxylic acids is 2. The molecule has 1 heterocycles. The maximum absolute atomic E-state index is 11.5. The fraction of sp³-hybridized carbons (Fsp3) is 0.300. The van der Waals surface area contributed by atoms with E-state index in [-0.39, 0.29) is 6.04 Å². The summed E-state index contributed by atoms with van der Waals surface area (Å²) in [6.07, 6.45) is 0. The van der Waals surface area contributed by atoms with Gasteiger partial charge in [-0.05, 0) is 43.3 Å². The molecular formula is C20H22N2O4. The molecule has 0 spiro atoms. The van der Waals surface area contributed by atoms with Gasteiger partial charge in [0, 0.05) is 5.56 Å². The highest BCUT2D eigenvalue weighted by Gasteiger charge is 2.28. The van der Waals surface area contributed by atoms with E-state index in [0.717, 1.165) is 11.5 Å². The summed E-state index contributed by atoms with van der Waals surface area (Å²) in [7, 11) is 0. The fourth-order valence-electron chi connectivity index (χ4n) is 3.24. The second-order valence-electron chi connectivity index (χ2n) is 6.44. The van der Waals surface area contributed by atoms with Gasteiger partial charge in [0.25, 0.3) is 5.91 Å². The zero-order chi connectivity index (χ0) is 18.5. The molecule has 0 unspecified atom stereocenters. The van der Waals surface area contributed by atoms with Gasteiger partial charge in [0.1, 0.15) is 23.5 Å². The Hall–Kier alpha value is -2.86. The lowest BCUT2D eigenvalue weighted by atomic mass is 10.1. The molecule has 1 aliphatic rings. The van der Waals surface area contributed by atoms with Crippen molar-refractivity contribution in [2.45, 2.75) is 13.0 Å². The average molecular weight is 354 g/mol. The number of rotatable bonds is 4. The van der Waals surface area contributed by atoms with Crippen LogP contribution in [0.25, 0.3) is 0 Å². The van der Waals surface area contributed by atoms with E-state index in [1.807, 2.05) is 42.5 Å². The van der Waals surface area contributed by atoms with Crippen LogP contribution >= 0.6 is 0 Å². The van der Waals surface area contributed by atoms with E-state index >= 15 is 0 Å². The van der Waals surface area contributed by atoms with Gasteiger partial charge in [0.2, 0.25) is 0 Å². The molecule has 1 N–H and O–H groups in total. The number of carbonyl (C=O) groups is 2. The molecule has 3 rings (SSSR count). The van der Waals surface area contributed by atoms with Crippen LogP contribution in [-0.2, 0) is 9.59 Å². The number of carboxylic acid groups (broad SMARTS) is 1. The Bertz CT molecular complexity index is 753. The molecule has 26 heavy (non-hydrogen) atoms. The molecule has 136 valence electrons. The first-order chi connectivity index (χ1) is 12.5. The lowest BCUT2D eigenvalue weighted by Crippen LogP contribution is -3.14. The molecule has 2 aromatic carbocycles. The maximum Gasteiger partial charge on any atom is 0.269 e. The molecule has 0 bridgehead atoms. The molecule has 1 atom stereocenters. The largest absolute Gasteiger partial charge is 0.540 e. The van der Waals surface area contributed by atoms with Gasteiger partial charge in [0.05, 0.1) is 26.2 Å². The molecule has 1 fully saturated rings. The number of hydrogen-bond donors (Lipinski definition) is 1. The lowest BCUT2D eigenvalue weighted by molar-refractivity contribution is -0.933. The summed E-state index contributed by atoms with van der Waals surface area (Å²) in [6.45, 7) is 4.42. The van der Waals surface area contributed by atoms with Crippen LogP contribution in [0.15, 0.2) is 54.6 Å². The van der Waals surface area contributed by atoms with Gasteiger partial charge >= 0.3 is 0 Å². The van der Waals surface area contributed by atoms with Crippen LogP contribution in [-0.4, -0.2) is 43.0 Å². The van der Waals surface area contributed by atoms with Crippen molar-refractivity contribution in [1.82, 2.24) is 4.90 Å². The molecule has 6 nitrogen and oxygen atoms in total. The van der Waals surface area contributed by atoms with Gasteiger partial charge in [0.15, 0.2) is 0 Å². The molecule has 0 saturated carbocycles. The van der Waals surface area contributed by atoms with Crippen LogP contribution in [0.3, 0.4) is 0 Å². The van der Waals surface area contributed by atoms with E-state index in [2.05, 4.69) is 19.1 Å². The Kier molecular flexibility index (Phi) is 5.53. The summed E-state index contributed by atoms with van der Waals surface area (Å²) >= 11 is 0. The molecule has 6 heteroatoms. The van der Waals surface area contributed by atoms with Crippen LogP contribution in [0.2, 0.25) is 0 Å². The van der Waals surface area contributed by atoms with Gasteiger partial charge in [-0.15, -0.1) is 0 Å². The van der Waals surface area contributed by atoms with E-state index in [0.29, 0.717) is 26.2 Å². The highest BCUT2D eigenvalue weighted by molar-refractivity contribution is 6.30. The van der Waals surface area contributed by atoms with E-state index < -0.39 is 11.9 Å². The predicted molar refractivity (Wildman–Crippen MR) is 93.7 cm³/mol. The SMILES string of the molecule is C[C@H](c1ccc(Oc2ccccc2)cc1)[NH+]1CCN(C(=O)C(=O)[O-])CC1. The number of nitrogens with zero attached hydrogens (tertiary/aromatic N) is 1. The highest BCUT2D eigenvalue weighted by atomic mass is 16.5. The van der Waals surface area contributed by atoms with E-state index in [9.17, 15) is 14.7 Å². The summed E-state index contributed by atoms with van der Waals surface area (Å²) in [5.41, 5.74) is 1.18. The molecule has 1 aliphatic heterocycles. The third-order valence-corrected chi connectivity index (χ3v) is 4.84. The van der Waals surface area contributed by atoms with Crippen molar-refractivity contribution in [2.75, 3.05) is 26.2 Å². The van der Waals surface area contributed by atoms with Crippen LogP contribution in [0.5, 0.6) is 11.5 Å². The van der Waals surface area contributed by atoms with Crippen LogP contribution < -0.4 is 14.7 Å². The Morgan fingerprint density at radius 2 is 1.58 bits per heavy atom. The Balaban J connectivity index is 1.58. The average Bonchev–Trinajstić information content (AvgIpc) is 2.68. The van der Waals surface area contributed by atoms with Gasteiger partial charge in [-0.1, -0.05) is 18.2 Å². The number of piperazine rings is 1. The van der Waals surface area contributed by atoms with Crippen LogP contribution in [0.4, 0.5) is 0 Å². The van der Waals surface area contributed by atoms with Crippen molar-refractivity contribution in [2.24, 2.45) is 0 Å². The molecule has 0 aromatic heterocycles. The van der Waals surface area contributed by atoms with Crippen molar-refractivity contribution in [3.05, 3.63) is 60.2 Å². The van der Waals surface area contributed by atoms with E-state index in [1.54, 1.807) is 0 Å². The lowest BCUT2D eigenvalue weighted by Gasteiger charge is -2.35. The Labute approximate surface area is 152 Å². The van der Waals surface area contributed by atoms with Gasteiger partial charge in [-0.25, -0.2) is 0 Å². The first-order valence-corrected chi connectivity index (χ1v) is 8.72. The van der Waals surface area contributed by atoms with E-state index in [1.165, 1.54) is 15.4 Å². The number of aliphatic carboxylic acids is 1. The van der Waals surface area contributed by atoms with Crippen molar-refractivity contribution < 1.29 is 24.3 Å². The summed E-state index contributed by atoms with van der Waals surface area (Å²) in [5, 5.41) is 10.7. The zero-order valence-corrected chi connectivity index (χ0v) is 14.7. The van der Waals surface area contributed by atoms with Gasteiger partial charge < -0.3 is 24.4 Å².